The molecule has 0 amide bonds. The molecular formula is C26H50O5. The number of allylic oxidation sites excluding steroid dienone is 1. The van der Waals surface area contributed by atoms with Crippen LogP contribution in [0.1, 0.15) is 110 Å². The van der Waals surface area contributed by atoms with Gasteiger partial charge in [-0.25, -0.2) is 0 Å². The summed E-state index contributed by atoms with van der Waals surface area (Å²) in [5, 5.41) is 29.0. The molecule has 0 unspecified atom stereocenters. The molecular weight excluding hydrogens is 392 g/mol. The van der Waals surface area contributed by atoms with Crippen LogP contribution in [0.15, 0.2) is 12.2 Å². The Morgan fingerprint density at radius 3 is 1.81 bits per heavy atom. The third-order valence-corrected chi connectivity index (χ3v) is 6.28. The smallest absolute Gasteiger partial charge is 0.115 e. The molecule has 1 heterocycles. The minimum Gasteiger partial charge on any atom is -0.394 e. The van der Waals surface area contributed by atoms with Crippen LogP contribution in [0.5, 0.6) is 0 Å². The second-order valence-corrected chi connectivity index (χ2v) is 9.12. The Bertz CT molecular complexity index is 413. The van der Waals surface area contributed by atoms with Crippen LogP contribution in [0, 0.1) is 0 Å². The summed E-state index contributed by atoms with van der Waals surface area (Å²) in [5.41, 5.74) is 0. The van der Waals surface area contributed by atoms with Crippen molar-refractivity contribution in [2.24, 2.45) is 0 Å². The number of aliphatic hydroxyl groups is 3. The molecule has 1 fully saturated rings. The molecule has 1 aliphatic heterocycles. The molecule has 3 N–H and O–H groups in total. The summed E-state index contributed by atoms with van der Waals surface area (Å²) in [7, 11) is 0. The van der Waals surface area contributed by atoms with E-state index in [4.69, 9.17) is 9.47 Å². The first-order valence-electron chi connectivity index (χ1n) is 13.1. The molecule has 0 spiro atoms. The maximum Gasteiger partial charge on any atom is 0.115 e. The molecule has 5 heteroatoms. The Hall–Kier alpha value is -0.460. The first-order chi connectivity index (χ1) is 15.2. The molecule has 0 bridgehead atoms. The van der Waals surface area contributed by atoms with Crippen molar-refractivity contribution in [3.05, 3.63) is 12.2 Å². The predicted octanol–water partition coefficient (Wildman–Crippen LogP) is 5.30. The molecule has 184 valence electrons. The molecule has 1 aliphatic rings. The highest BCUT2D eigenvalue weighted by atomic mass is 16.6. The van der Waals surface area contributed by atoms with E-state index in [0.29, 0.717) is 6.61 Å². The Balaban J connectivity index is 1.85. The SMILES string of the molecule is CCCCCCCCCCCCCCCCC/C=C/CO[C@@H]1[C@@H](O)[C@H](O)CO[C@H]1CO. The lowest BCUT2D eigenvalue weighted by atomic mass is 10.0. The highest BCUT2D eigenvalue weighted by Crippen LogP contribution is 2.19. The number of aliphatic hydroxyl groups excluding tert-OH is 3. The van der Waals surface area contributed by atoms with Gasteiger partial charge in [0, 0.05) is 0 Å². The van der Waals surface area contributed by atoms with Gasteiger partial charge in [-0.2, -0.15) is 0 Å². The van der Waals surface area contributed by atoms with Crippen LogP contribution in [0.2, 0.25) is 0 Å². The maximum atomic E-state index is 10.0. The Morgan fingerprint density at radius 2 is 1.29 bits per heavy atom. The van der Waals surface area contributed by atoms with Crippen molar-refractivity contribution in [3.8, 4) is 0 Å². The second-order valence-electron chi connectivity index (χ2n) is 9.12. The summed E-state index contributed by atoms with van der Waals surface area (Å²) in [6, 6.07) is 0. The van der Waals surface area contributed by atoms with Crippen molar-refractivity contribution in [1.82, 2.24) is 0 Å². The fourth-order valence-electron chi connectivity index (χ4n) is 4.20. The number of hydrogen-bond acceptors (Lipinski definition) is 5. The molecule has 4 atom stereocenters. The van der Waals surface area contributed by atoms with Crippen LogP contribution < -0.4 is 0 Å². The van der Waals surface area contributed by atoms with E-state index < -0.39 is 24.4 Å². The standard InChI is InChI=1S/C26H50O5/c1-2-3-4-5-6-7-8-9-10-11-12-13-14-15-16-17-18-19-20-30-26-24(21-27)31-22-23(28)25(26)29/h18-19,23-29H,2-17,20-22H2,1H3/b19-18+/t23-,24+,25+,26+/m1/s1. The van der Waals surface area contributed by atoms with Gasteiger partial charge in [0.2, 0.25) is 0 Å². The molecule has 0 aromatic heterocycles. The fourth-order valence-corrected chi connectivity index (χ4v) is 4.20. The van der Waals surface area contributed by atoms with Crippen LogP contribution in [-0.4, -0.2) is 59.6 Å². The van der Waals surface area contributed by atoms with Gasteiger partial charge in [0.15, 0.2) is 0 Å². The van der Waals surface area contributed by atoms with Gasteiger partial charge in [-0.15, -0.1) is 0 Å². The zero-order valence-electron chi connectivity index (χ0n) is 20.1. The van der Waals surface area contributed by atoms with Gasteiger partial charge >= 0.3 is 0 Å². The summed E-state index contributed by atoms with van der Waals surface area (Å²) in [6.07, 6.45) is 22.5. The van der Waals surface area contributed by atoms with Crippen molar-refractivity contribution in [3.63, 3.8) is 0 Å². The lowest BCUT2D eigenvalue weighted by Crippen LogP contribution is -2.55. The Labute approximate surface area is 191 Å². The average Bonchev–Trinajstić information content (AvgIpc) is 2.78. The molecule has 0 aromatic rings. The number of unbranched alkanes of at least 4 members (excludes halogenated alkanes) is 15. The zero-order chi connectivity index (χ0) is 22.6. The monoisotopic (exact) mass is 442 g/mol. The molecule has 0 aliphatic carbocycles. The highest BCUT2D eigenvalue weighted by molar-refractivity contribution is 4.89. The first-order valence-corrected chi connectivity index (χ1v) is 13.1. The fraction of sp³-hybridized carbons (Fsp3) is 0.923. The van der Waals surface area contributed by atoms with Crippen LogP contribution in [0.3, 0.4) is 0 Å². The van der Waals surface area contributed by atoms with E-state index in [1.54, 1.807) is 0 Å². The van der Waals surface area contributed by atoms with E-state index in [2.05, 4.69) is 13.0 Å². The maximum absolute atomic E-state index is 10.0. The van der Waals surface area contributed by atoms with Gasteiger partial charge in [-0.05, 0) is 12.8 Å². The Kier molecular flexibility index (Phi) is 18.6. The number of rotatable bonds is 20. The van der Waals surface area contributed by atoms with Crippen molar-refractivity contribution in [1.29, 1.82) is 0 Å². The third kappa shape index (κ3) is 14.3. The van der Waals surface area contributed by atoms with E-state index in [1.165, 1.54) is 96.3 Å². The van der Waals surface area contributed by atoms with Gasteiger partial charge in [-0.1, -0.05) is 109 Å². The largest absolute Gasteiger partial charge is 0.394 e. The van der Waals surface area contributed by atoms with E-state index in [0.717, 1.165) is 6.42 Å². The number of ether oxygens (including phenoxy) is 2. The molecule has 1 saturated heterocycles. The molecule has 0 saturated carbocycles. The summed E-state index contributed by atoms with van der Waals surface area (Å²) in [6.45, 7) is 2.43. The van der Waals surface area contributed by atoms with Gasteiger partial charge in [0.25, 0.3) is 0 Å². The predicted molar refractivity (Wildman–Crippen MR) is 127 cm³/mol. The number of hydrogen-bond donors (Lipinski definition) is 3. The topological polar surface area (TPSA) is 79.2 Å². The van der Waals surface area contributed by atoms with Crippen LogP contribution in [0.4, 0.5) is 0 Å². The van der Waals surface area contributed by atoms with Gasteiger partial charge < -0.3 is 24.8 Å². The average molecular weight is 443 g/mol. The van der Waals surface area contributed by atoms with Crippen LogP contribution >= 0.6 is 0 Å². The normalized spacial score (nSPS) is 24.3. The molecule has 5 nitrogen and oxygen atoms in total. The molecule has 0 aromatic carbocycles. The van der Waals surface area contributed by atoms with Crippen LogP contribution in [-0.2, 0) is 9.47 Å². The van der Waals surface area contributed by atoms with Gasteiger partial charge in [-0.3, -0.25) is 0 Å². The van der Waals surface area contributed by atoms with Gasteiger partial charge in [0.05, 0.1) is 19.8 Å². The summed E-state index contributed by atoms with van der Waals surface area (Å²) >= 11 is 0. The lowest BCUT2D eigenvalue weighted by Gasteiger charge is -2.37. The van der Waals surface area contributed by atoms with E-state index in [-0.39, 0.29) is 13.2 Å². The molecule has 0 radical (unpaired) electrons. The minimum absolute atomic E-state index is 0.0291. The second kappa shape index (κ2) is 20.2. The van der Waals surface area contributed by atoms with E-state index in [1.807, 2.05) is 6.08 Å². The minimum atomic E-state index is -1.02. The van der Waals surface area contributed by atoms with Crippen molar-refractivity contribution in [2.45, 2.75) is 134 Å². The lowest BCUT2D eigenvalue weighted by molar-refractivity contribution is -0.208. The zero-order valence-corrected chi connectivity index (χ0v) is 20.1. The Morgan fingerprint density at radius 1 is 0.774 bits per heavy atom. The summed E-state index contributed by atoms with van der Waals surface area (Å²) in [4.78, 5) is 0. The van der Waals surface area contributed by atoms with E-state index >= 15 is 0 Å². The van der Waals surface area contributed by atoms with Crippen molar-refractivity contribution < 1.29 is 24.8 Å². The van der Waals surface area contributed by atoms with Crippen molar-refractivity contribution in [2.75, 3.05) is 19.8 Å². The third-order valence-electron chi connectivity index (χ3n) is 6.28. The quantitative estimate of drug-likeness (QED) is 0.176. The molecule has 31 heavy (non-hydrogen) atoms. The van der Waals surface area contributed by atoms with Gasteiger partial charge in [0.1, 0.15) is 24.4 Å². The highest BCUT2D eigenvalue weighted by Gasteiger charge is 2.38. The molecule has 1 rings (SSSR count). The van der Waals surface area contributed by atoms with Crippen LogP contribution in [0.25, 0.3) is 0 Å². The first kappa shape index (κ1) is 28.6. The summed E-state index contributed by atoms with van der Waals surface area (Å²) in [5.74, 6) is 0. The summed E-state index contributed by atoms with van der Waals surface area (Å²) < 4.78 is 10.9. The van der Waals surface area contributed by atoms with Crippen molar-refractivity contribution >= 4 is 0 Å². The van der Waals surface area contributed by atoms with E-state index in [9.17, 15) is 15.3 Å².